The predicted octanol–water partition coefficient (Wildman–Crippen LogP) is 2.62. The molecule has 0 heterocycles. The first kappa shape index (κ1) is 12.9. The van der Waals surface area contributed by atoms with E-state index in [4.69, 9.17) is 16.3 Å². The summed E-state index contributed by atoms with van der Waals surface area (Å²) in [6.07, 6.45) is 0.931. The number of carbonyl (C=O) groups is 2. The lowest BCUT2D eigenvalue weighted by Gasteiger charge is -2.13. The molecular weight excluding hydrogens is 254 g/mol. The van der Waals surface area contributed by atoms with E-state index in [9.17, 15) is 9.59 Å². The van der Waals surface area contributed by atoms with Gasteiger partial charge in [0.2, 0.25) is 0 Å². The lowest BCUT2D eigenvalue weighted by molar-refractivity contribution is -0.154. The molecule has 1 amide bonds. The highest BCUT2D eigenvalue weighted by Crippen LogP contribution is 2.30. The molecular formula is C13H14ClNO3. The molecule has 5 heteroatoms. The van der Waals surface area contributed by atoms with E-state index in [2.05, 4.69) is 5.32 Å². The molecule has 0 aromatic heterocycles. The molecule has 1 N–H and O–H groups in total. The molecule has 0 spiro atoms. The van der Waals surface area contributed by atoms with Crippen molar-refractivity contribution in [2.75, 3.05) is 5.32 Å². The van der Waals surface area contributed by atoms with E-state index < -0.39 is 6.10 Å². The van der Waals surface area contributed by atoms with Gasteiger partial charge in [0.05, 0.1) is 5.92 Å². The fourth-order valence-electron chi connectivity index (χ4n) is 1.45. The summed E-state index contributed by atoms with van der Waals surface area (Å²) in [7, 11) is 0. The summed E-state index contributed by atoms with van der Waals surface area (Å²) in [5.74, 6) is -0.651. The Bertz CT molecular complexity index is 471. The molecule has 4 nitrogen and oxygen atoms in total. The van der Waals surface area contributed by atoms with Gasteiger partial charge in [0.15, 0.2) is 6.10 Å². The molecule has 96 valence electrons. The SMILES string of the molecule is C[C@H](OC(=O)C1CC1)C(=O)Nc1cccc(Cl)c1. The number of amides is 1. The van der Waals surface area contributed by atoms with Gasteiger partial charge >= 0.3 is 5.97 Å². The van der Waals surface area contributed by atoms with Crippen LogP contribution in [0.2, 0.25) is 5.02 Å². The summed E-state index contributed by atoms with van der Waals surface area (Å²) < 4.78 is 5.05. The molecule has 1 aromatic rings. The number of ether oxygens (including phenoxy) is 1. The number of rotatable bonds is 4. The minimum absolute atomic E-state index is 0.00794. The summed E-state index contributed by atoms with van der Waals surface area (Å²) in [6, 6.07) is 6.81. The number of carbonyl (C=O) groups excluding carboxylic acids is 2. The molecule has 0 saturated heterocycles. The van der Waals surface area contributed by atoms with Crippen molar-refractivity contribution >= 4 is 29.2 Å². The van der Waals surface area contributed by atoms with Gasteiger partial charge in [0.25, 0.3) is 5.91 Å². The van der Waals surface area contributed by atoms with Crippen LogP contribution in [0.5, 0.6) is 0 Å². The van der Waals surface area contributed by atoms with Crippen LogP contribution >= 0.6 is 11.6 Å². The van der Waals surface area contributed by atoms with Crippen molar-refractivity contribution in [2.24, 2.45) is 5.92 Å². The Labute approximate surface area is 110 Å². The Morgan fingerprint density at radius 2 is 2.17 bits per heavy atom. The summed E-state index contributed by atoms with van der Waals surface area (Å²) in [5.41, 5.74) is 0.585. The average Bonchev–Trinajstić information content (AvgIpc) is 3.12. The second-order valence-electron chi connectivity index (χ2n) is 4.35. The van der Waals surface area contributed by atoms with E-state index in [0.29, 0.717) is 10.7 Å². The molecule has 1 fully saturated rings. The van der Waals surface area contributed by atoms with E-state index in [1.807, 2.05) is 0 Å². The fraction of sp³-hybridized carbons (Fsp3) is 0.385. The smallest absolute Gasteiger partial charge is 0.309 e. The number of hydrogen-bond acceptors (Lipinski definition) is 3. The average molecular weight is 268 g/mol. The van der Waals surface area contributed by atoms with Gasteiger partial charge in [-0.05, 0) is 38.0 Å². The van der Waals surface area contributed by atoms with Crippen LogP contribution in [0.15, 0.2) is 24.3 Å². The van der Waals surface area contributed by atoms with Crippen molar-refractivity contribution in [3.05, 3.63) is 29.3 Å². The Hall–Kier alpha value is -1.55. The molecule has 1 aliphatic carbocycles. The second kappa shape index (κ2) is 5.40. The zero-order valence-corrected chi connectivity index (χ0v) is 10.7. The zero-order valence-electron chi connectivity index (χ0n) is 9.98. The number of benzene rings is 1. The quantitative estimate of drug-likeness (QED) is 0.853. The Kier molecular flexibility index (Phi) is 3.87. The van der Waals surface area contributed by atoms with Crippen LogP contribution in [0.1, 0.15) is 19.8 Å². The van der Waals surface area contributed by atoms with E-state index in [-0.39, 0.29) is 17.8 Å². The summed E-state index contributed by atoms with van der Waals surface area (Å²) in [5, 5.41) is 3.18. The van der Waals surface area contributed by atoms with Gasteiger partial charge < -0.3 is 10.1 Å². The molecule has 0 unspecified atom stereocenters. The monoisotopic (exact) mass is 267 g/mol. The maximum Gasteiger partial charge on any atom is 0.309 e. The first-order chi connectivity index (χ1) is 8.56. The number of esters is 1. The third-order valence-electron chi connectivity index (χ3n) is 2.66. The lowest BCUT2D eigenvalue weighted by Crippen LogP contribution is -2.30. The molecule has 1 aromatic carbocycles. The van der Waals surface area contributed by atoms with Crippen LogP contribution < -0.4 is 5.32 Å². The predicted molar refractivity (Wildman–Crippen MR) is 68.4 cm³/mol. The van der Waals surface area contributed by atoms with Crippen molar-refractivity contribution in [3.8, 4) is 0 Å². The number of halogens is 1. The largest absolute Gasteiger partial charge is 0.452 e. The summed E-state index contributed by atoms with van der Waals surface area (Å²) in [4.78, 5) is 23.2. The molecule has 18 heavy (non-hydrogen) atoms. The molecule has 1 saturated carbocycles. The zero-order chi connectivity index (χ0) is 13.1. The minimum Gasteiger partial charge on any atom is -0.452 e. The van der Waals surface area contributed by atoms with Crippen LogP contribution in [0.3, 0.4) is 0 Å². The normalized spacial score (nSPS) is 15.9. The van der Waals surface area contributed by atoms with Crippen LogP contribution in [0.4, 0.5) is 5.69 Å². The maximum atomic E-state index is 11.8. The number of anilines is 1. The number of nitrogens with one attached hydrogen (secondary N) is 1. The maximum absolute atomic E-state index is 11.8. The topological polar surface area (TPSA) is 55.4 Å². The highest BCUT2D eigenvalue weighted by atomic mass is 35.5. The highest BCUT2D eigenvalue weighted by Gasteiger charge is 2.33. The third-order valence-corrected chi connectivity index (χ3v) is 2.90. The minimum atomic E-state index is -0.794. The van der Waals surface area contributed by atoms with Crippen LogP contribution in [-0.2, 0) is 14.3 Å². The van der Waals surface area contributed by atoms with Crippen molar-refractivity contribution in [1.29, 1.82) is 0 Å². The lowest BCUT2D eigenvalue weighted by atomic mass is 10.3. The van der Waals surface area contributed by atoms with Crippen LogP contribution in [-0.4, -0.2) is 18.0 Å². The van der Waals surface area contributed by atoms with Crippen LogP contribution in [0, 0.1) is 5.92 Å². The van der Waals surface area contributed by atoms with E-state index in [1.165, 1.54) is 0 Å². The van der Waals surface area contributed by atoms with Crippen molar-refractivity contribution < 1.29 is 14.3 Å². The van der Waals surface area contributed by atoms with Crippen molar-refractivity contribution in [1.82, 2.24) is 0 Å². The summed E-state index contributed by atoms with van der Waals surface area (Å²) in [6.45, 7) is 1.56. The Balaban J connectivity index is 1.88. The van der Waals surface area contributed by atoms with Gasteiger partial charge in [-0.2, -0.15) is 0 Å². The fourth-order valence-corrected chi connectivity index (χ4v) is 1.64. The van der Waals surface area contributed by atoms with Gasteiger partial charge in [0.1, 0.15) is 0 Å². The molecule has 1 aliphatic rings. The Morgan fingerprint density at radius 1 is 1.44 bits per heavy atom. The number of hydrogen-bond donors (Lipinski definition) is 1. The highest BCUT2D eigenvalue weighted by molar-refractivity contribution is 6.30. The van der Waals surface area contributed by atoms with E-state index in [0.717, 1.165) is 12.8 Å². The molecule has 0 radical (unpaired) electrons. The second-order valence-corrected chi connectivity index (χ2v) is 4.79. The standard InChI is InChI=1S/C13H14ClNO3/c1-8(18-13(17)9-5-6-9)12(16)15-11-4-2-3-10(14)7-11/h2-4,7-9H,5-6H2,1H3,(H,15,16)/t8-/m0/s1. The molecule has 2 rings (SSSR count). The van der Waals surface area contributed by atoms with Gasteiger partial charge in [-0.1, -0.05) is 17.7 Å². The first-order valence-electron chi connectivity index (χ1n) is 5.83. The van der Waals surface area contributed by atoms with Crippen molar-refractivity contribution in [3.63, 3.8) is 0 Å². The molecule has 0 bridgehead atoms. The molecule has 1 atom stereocenters. The summed E-state index contributed by atoms with van der Waals surface area (Å²) >= 11 is 5.81. The van der Waals surface area contributed by atoms with E-state index >= 15 is 0 Å². The van der Waals surface area contributed by atoms with Crippen molar-refractivity contribution in [2.45, 2.75) is 25.9 Å². The first-order valence-corrected chi connectivity index (χ1v) is 6.21. The van der Waals surface area contributed by atoms with Gasteiger partial charge in [0, 0.05) is 10.7 Å². The van der Waals surface area contributed by atoms with Gasteiger partial charge in [-0.15, -0.1) is 0 Å². The van der Waals surface area contributed by atoms with Gasteiger partial charge in [-0.25, -0.2) is 0 Å². The van der Waals surface area contributed by atoms with Crippen LogP contribution in [0.25, 0.3) is 0 Å². The van der Waals surface area contributed by atoms with Gasteiger partial charge in [-0.3, -0.25) is 9.59 Å². The Morgan fingerprint density at radius 3 is 2.78 bits per heavy atom. The van der Waals surface area contributed by atoms with E-state index in [1.54, 1.807) is 31.2 Å². The third kappa shape index (κ3) is 3.47. The molecule has 0 aliphatic heterocycles.